The largest absolute Gasteiger partial charge is 0.327 e. The van der Waals surface area contributed by atoms with Crippen LogP contribution < -0.4 is 5.73 Å². The first-order chi connectivity index (χ1) is 6.29. The quantitative estimate of drug-likeness (QED) is 0.667. The Morgan fingerprint density at radius 3 is 2.31 bits per heavy atom. The lowest BCUT2D eigenvalue weighted by atomic mass is 9.80. The van der Waals surface area contributed by atoms with Crippen molar-refractivity contribution < 1.29 is 0 Å². The van der Waals surface area contributed by atoms with Gasteiger partial charge in [-0.2, -0.15) is 0 Å². The maximum atomic E-state index is 6.23. The van der Waals surface area contributed by atoms with Crippen LogP contribution in [0.1, 0.15) is 58.8 Å². The molecule has 0 aromatic rings. The molecule has 2 unspecified atom stereocenters. The van der Waals surface area contributed by atoms with E-state index in [1.54, 1.807) is 0 Å². The monoisotopic (exact) mass is 183 g/mol. The van der Waals surface area contributed by atoms with Crippen molar-refractivity contribution in [3.8, 4) is 0 Å². The van der Waals surface area contributed by atoms with Crippen LogP contribution in [0.25, 0.3) is 0 Å². The molecule has 1 aliphatic carbocycles. The molecular formula is C12H25N. The van der Waals surface area contributed by atoms with Crippen LogP contribution in [-0.4, -0.2) is 6.04 Å². The van der Waals surface area contributed by atoms with Crippen LogP contribution >= 0.6 is 0 Å². The summed E-state index contributed by atoms with van der Waals surface area (Å²) in [4.78, 5) is 0. The standard InChI is InChI=1S/C12H25N/c1-3-10(4-2)11-8-6-5-7-9-12(11)13/h10-12H,3-9,13H2,1-2H3. The molecule has 0 spiro atoms. The van der Waals surface area contributed by atoms with E-state index in [9.17, 15) is 0 Å². The first kappa shape index (κ1) is 11.0. The second-order valence-electron chi connectivity index (χ2n) is 4.54. The van der Waals surface area contributed by atoms with E-state index in [1.807, 2.05) is 0 Å². The lowest BCUT2D eigenvalue weighted by Gasteiger charge is -2.29. The van der Waals surface area contributed by atoms with E-state index < -0.39 is 0 Å². The highest BCUT2D eigenvalue weighted by Crippen LogP contribution is 2.31. The summed E-state index contributed by atoms with van der Waals surface area (Å²) in [5.74, 6) is 1.70. The van der Waals surface area contributed by atoms with Crippen molar-refractivity contribution in [2.24, 2.45) is 17.6 Å². The Hall–Kier alpha value is -0.0400. The van der Waals surface area contributed by atoms with Crippen molar-refractivity contribution in [1.29, 1.82) is 0 Å². The zero-order valence-corrected chi connectivity index (χ0v) is 9.26. The molecule has 0 radical (unpaired) electrons. The molecule has 0 aliphatic heterocycles. The zero-order valence-electron chi connectivity index (χ0n) is 9.26. The van der Waals surface area contributed by atoms with Gasteiger partial charge in [0.1, 0.15) is 0 Å². The Morgan fingerprint density at radius 1 is 1.08 bits per heavy atom. The van der Waals surface area contributed by atoms with E-state index in [-0.39, 0.29) is 0 Å². The molecule has 1 aliphatic rings. The van der Waals surface area contributed by atoms with Gasteiger partial charge >= 0.3 is 0 Å². The minimum Gasteiger partial charge on any atom is -0.327 e. The van der Waals surface area contributed by atoms with E-state index in [4.69, 9.17) is 5.73 Å². The predicted molar refractivity (Wildman–Crippen MR) is 58.6 cm³/mol. The molecule has 0 bridgehead atoms. The lowest BCUT2D eigenvalue weighted by Crippen LogP contribution is -2.33. The van der Waals surface area contributed by atoms with Crippen LogP contribution in [0, 0.1) is 11.8 Å². The van der Waals surface area contributed by atoms with Gasteiger partial charge in [-0.15, -0.1) is 0 Å². The minimum atomic E-state index is 0.493. The van der Waals surface area contributed by atoms with Crippen LogP contribution in [-0.2, 0) is 0 Å². The smallest absolute Gasteiger partial charge is 0.00698 e. The summed E-state index contributed by atoms with van der Waals surface area (Å²) in [6.45, 7) is 4.62. The van der Waals surface area contributed by atoms with E-state index in [0.717, 1.165) is 11.8 Å². The summed E-state index contributed by atoms with van der Waals surface area (Å²) in [7, 11) is 0. The summed E-state index contributed by atoms with van der Waals surface area (Å²) in [6.07, 6.45) is 9.45. The Balaban J connectivity index is 2.51. The third-order valence-electron chi connectivity index (χ3n) is 3.78. The van der Waals surface area contributed by atoms with E-state index in [0.29, 0.717) is 6.04 Å². The molecule has 2 atom stereocenters. The third kappa shape index (κ3) is 2.98. The van der Waals surface area contributed by atoms with Crippen molar-refractivity contribution in [1.82, 2.24) is 0 Å². The fourth-order valence-electron chi connectivity index (χ4n) is 2.84. The van der Waals surface area contributed by atoms with Gasteiger partial charge in [0.05, 0.1) is 0 Å². The normalized spacial score (nSPS) is 30.5. The SMILES string of the molecule is CCC(CC)C1CCCCCC1N. The molecule has 0 amide bonds. The van der Waals surface area contributed by atoms with E-state index >= 15 is 0 Å². The summed E-state index contributed by atoms with van der Waals surface area (Å²) >= 11 is 0. The van der Waals surface area contributed by atoms with Crippen LogP contribution in [0.2, 0.25) is 0 Å². The van der Waals surface area contributed by atoms with Crippen molar-refractivity contribution in [2.45, 2.75) is 64.8 Å². The number of hydrogen-bond acceptors (Lipinski definition) is 1. The van der Waals surface area contributed by atoms with Gasteiger partial charge < -0.3 is 5.73 Å². The fourth-order valence-corrected chi connectivity index (χ4v) is 2.84. The number of rotatable bonds is 3. The minimum absolute atomic E-state index is 0.493. The predicted octanol–water partition coefficient (Wildman–Crippen LogP) is 3.33. The maximum Gasteiger partial charge on any atom is 0.00698 e. The molecule has 0 heterocycles. The topological polar surface area (TPSA) is 26.0 Å². The molecule has 1 rings (SSSR count). The molecule has 78 valence electrons. The highest BCUT2D eigenvalue weighted by molar-refractivity contribution is 4.80. The first-order valence-corrected chi connectivity index (χ1v) is 6.05. The van der Waals surface area contributed by atoms with Crippen LogP contribution in [0.15, 0.2) is 0 Å². The molecule has 0 saturated heterocycles. The summed E-state index contributed by atoms with van der Waals surface area (Å²) < 4.78 is 0. The molecule has 1 fully saturated rings. The molecule has 0 aromatic heterocycles. The Labute approximate surface area is 83.1 Å². The molecule has 1 heteroatoms. The van der Waals surface area contributed by atoms with Crippen LogP contribution in [0.3, 0.4) is 0 Å². The van der Waals surface area contributed by atoms with Gasteiger partial charge in [0.2, 0.25) is 0 Å². The summed E-state index contributed by atoms with van der Waals surface area (Å²) in [6, 6.07) is 0.493. The Morgan fingerprint density at radius 2 is 1.69 bits per heavy atom. The van der Waals surface area contributed by atoms with Crippen molar-refractivity contribution in [3.63, 3.8) is 0 Å². The van der Waals surface area contributed by atoms with Crippen molar-refractivity contribution in [2.75, 3.05) is 0 Å². The maximum absolute atomic E-state index is 6.23. The van der Waals surface area contributed by atoms with Crippen LogP contribution in [0.5, 0.6) is 0 Å². The summed E-state index contributed by atoms with van der Waals surface area (Å²) in [5.41, 5.74) is 6.23. The van der Waals surface area contributed by atoms with E-state index in [1.165, 1.54) is 44.9 Å². The highest BCUT2D eigenvalue weighted by atomic mass is 14.7. The molecular weight excluding hydrogens is 158 g/mol. The fraction of sp³-hybridized carbons (Fsp3) is 1.00. The van der Waals surface area contributed by atoms with Crippen molar-refractivity contribution >= 4 is 0 Å². The molecule has 2 N–H and O–H groups in total. The van der Waals surface area contributed by atoms with Gasteiger partial charge in [0.25, 0.3) is 0 Å². The van der Waals surface area contributed by atoms with Gasteiger partial charge in [-0.05, 0) is 24.7 Å². The van der Waals surface area contributed by atoms with Gasteiger partial charge in [-0.25, -0.2) is 0 Å². The van der Waals surface area contributed by atoms with Gasteiger partial charge in [0.15, 0.2) is 0 Å². The highest BCUT2D eigenvalue weighted by Gasteiger charge is 2.25. The average Bonchev–Trinajstić information content (AvgIpc) is 2.34. The van der Waals surface area contributed by atoms with Crippen molar-refractivity contribution in [3.05, 3.63) is 0 Å². The Bertz CT molecular complexity index is 129. The first-order valence-electron chi connectivity index (χ1n) is 6.05. The Kier molecular flexibility index (Phi) is 4.79. The van der Waals surface area contributed by atoms with Gasteiger partial charge in [-0.1, -0.05) is 46.0 Å². The molecule has 13 heavy (non-hydrogen) atoms. The molecule has 1 nitrogen and oxygen atoms in total. The second-order valence-corrected chi connectivity index (χ2v) is 4.54. The lowest BCUT2D eigenvalue weighted by molar-refractivity contribution is 0.251. The molecule has 1 saturated carbocycles. The second kappa shape index (κ2) is 5.64. The van der Waals surface area contributed by atoms with Gasteiger partial charge in [-0.3, -0.25) is 0 Å². The van der Waals surface area contributed by atoms with Gasteiger partial charge in [0, 0.05) is 6.04 Å². The van der Waals surface area contributed by atoms with E-state index in [2.05, 4.69) is 13.8 Å². The zero-order chi connectivity index (χ0) is 9.68. The average molecular weight is 183 g/mol. The van der Waals surface area contributed by atoms with Crippen LogP contribution in [0.4, 0.5) is 0 Å². The third-order valence-corrected chi connectivity index (χ3v) is 3.78. The molecule has 0 aromatic carbocycles. The number of nitrogens with two attached hydrogens (primary N) is 1. The summed E-state index contributed by atoms with van der Waals surface area (Å²) in [5, 5.41) is 0. The number of hydrogen-bond donors (Lipinski definition) is 1.